The summed E-state index contributed by atoms with van der Waals surface area (Å²) in [5.74, 6) is 0.714. The summed E-state index contributed by atoms with van der Waals surface area (Å²) in [5, 5.41) is 14.0. The summed E-state index contributed by atoms with van der Waals surface area (Å²) in [6.07, 6.45) is 3.12. The average Bonchev–Trinajstić information content (AvgIpc) is 2.64. The normalized spacial score (nSPS) is 11.0. The van der Waals surface area contributed by atoms with Crippen LogP contribution in [0.1, 0.15) is 36.7 Å². The van der Waals surface area contributed by atoms with E-state index >= 15 is 0 Å². The Hall–Kier alpha value is -3.28. The fraction of sp³-hybridized carbons (Fsp3) is 0.200. The number of nitrogens with one attached hydrogen (secondary N) is 2. The molecule has 1 amide bonds. The van der Waals surface area contributed by atoms with Gasteiger partial charge >= 0.3 is 0 Å². The van der Waals surface area contributed by atoms with E-state index in [0.29, 0.717) is 17.2 Å². The van der Waals surface area contributed by atoms with Gasteiger partial charge in [-0.25, -0.2) is 0 Å². The number of hydrogen-bond acceptors (Lipinski definition) is 5. The third-order valence-corrected chi connectivity index (χ3v) is 3.85. The van der Waals surface area contributed by atoms with Crippen LogP contribution >= 0.6 is 0 Å². The maximum Gasteiger partial charge on any atom is 0.258 e. The van der Waals surface area contributed by atoms with Gasteiger partial charge in [0.05, 0.1) is 5.56 Å². The maximum atomic E-state index is 12.1. The van der Waals surface area contributed by atoms with Crippen molar-refractivity contribution in [1.29, 1.82) is 0 Å². The number of pyridine rings is 1. The Morgan fingerprint density at radius 2 is 1.62 bits per heavy atom. The second-order valence-electron chi connectivity index (χ2n) is 6.95. The van der Waals surface area contributed by atoms with Gasteiger partial charge in [-0.15, -0.1) is 10.2 Å². The zero-order valence-electron chi connectivity index (χ0n) is 15.0. The van der Waals surface area contributed by atoms with Gasteiger partial charge in [0.25, 0.3) is 5.91 Å². The van der Waals surface area contributed by atoms with Crippen LogP contribution in [-0.4, -0.2) is 21.1 Å². The van der Waals surface area contributed by atoms with E-state index in [1.807, 2.05) is 12.1 Å². The van der Waals surface area contributed by atoms with E-state index in [9.17, 15) is 4.79 Å². The molecule has 6 nitrogen and oxygen atoms in total. The third kappa shape index (κ3) is 4.42. The summed E-state index contributed by atoms with van der Waals surface area (Å²) in [6.45, 7) is 6.54. The number of rotatable bonds is 4. The van der Waals surface area contributed by atoms with Crippen LogP contribution < -0.4 is 10.6 Å². The van der Waals surface area contributed by atoms with Gasteiger partial charge in [0.15, 0.2) is 11.6 Å². The first-order valence-corrected chi connectivity index (χ1v) is 8.34. The molecule has 3 rings (SSSR count). The van der Waals surface area contributed by atoms with Crippen LogP contribution in [0, 0.1) is 0 Å². The lowest BCUT2D eigenvalue weighted by atomic mass is 9.87. The van der Waals surface area contributed by atoms with Gasteiger partial charge in [-0.3, -0.25) is 9.78 Å². The summed E-state index contributed by atoms with van der Waals surface area (Å²) in [4.78, 5) is 16.0. The largest absolute Gasteiger partial charge is 0.339 e. The summed E-state index contributed by atoms with van der Waals surface area (Å²) >= 11 is 0. The molecule has 0 unspecified atom stereocenters. The highest BCUT2D eigenvalue weighted by Crippen LogP contribution is 2.24. The van der Waals surface area contributed by atoms with Crippen LogP contribution in [0.4, 0.5) is 17.3 Å². The molecule has 0 saturated carbocycles. The molecule has 6 heteroatoms. The van der Waals surface area contributed by atoms with Crippen molar-refractivity contribution in [2.24, 2.45) is 0 Å². The Kier molecular flexibility index (Phi) is 4.93. The van der Waals surface area contributed by atoms with Gasteiger partial charge in [-0.05, 0) is 47.4 Å². The molecule has 0 radical (unpaired) electrons. The first-order valence-electron chi connectivity index (χ1n) is 8.34. The van der Waals surface area contributed by atoms with Crippen molar-refractivity contribution in [3.8, 4) is 0 Å². The highest BCUT2D eigenvalue weighted by Gasteiger charge is 2.13. The van der Waals surface area contributed by atoms with Crippen molar-refractivity contribution in [1.82, 2.24) is 15.2 Å². The van der Waals surface area contributed by atoms with Crippen molar-refractivity contribution < 1.29 is 4.79 Å². The molecule has 0 aliphatic carbocycles. The molecule has 0 spiro atoms. The Morgan fingerprint density at radius 1 is 0.923 bits per heavy atom. The predicted octanol–water partition coefficient (Wildman–Crippen LogP) is 4.17. The molecule has 0 aliphatic heterocycles. The first kappa shape index (κ1) is 17.5. The standard InChI is InChI=1S/C20H21N5O/c1-20(2,3)15-6-8-16(9-7-15)22-17-10-11-18(25-24-17)23-19(26)14-5-4-12-21-13-14/h4-13H,1-3H3,(H,22,24)(H,23,25,26). The molecular weight excluding hydrogens is 326 g/mol. The summed E-state index contributed by atoms with van der Waals surface area (Å²) in [6, 6.07) is 15.1. The number of amides is 1. The van der Waals surface area contributed by atoms with Crippen LogP contribution in [0.2, 0.25) is 0 Å². The van der Waals surface area contributed by atoms with Gasteiger partial charge in [-0.2, -0.15) is 0 Å². The van der Waals surface area contributed by atoms with Crippen molar-refractivity contribution in [3.63, 3.8) is 0 Å². The molecule has 0 saturated heterocycles. The molecule has 0 fully saturated rings. The minimum atomic E-state index is -0.272. The van der Waals surface area contributed by atoms with Gasteiger partial charge < -0.3 is 10.6 Å². The minimum Gasteiger partial charge on any atom is -0.339 e. The highest BCUT2D eigenvalue weighted by molar-refractivity contribution is 6.03. The van der Waals surface area contributed by atoms with E-state index in [1.54, 1.807) is 30.5 Å². The molecule has 2 N–H and O–H groups in total. The van der Waals surface area contributed by atoms with Gasteiger partial charge in [-0.1, -0.05) is 32.9 Å². The summed E-state index contributed by atoms with van der Waals surface area (Å²) in [5.41, 5.74) is 2.78. The predicted molar refractivity (Wildman–Crippen MR) is 103 cm³/mol. The fourth-order valence-corrected chi connectivity index (χ4v) is 2.35. The topological polar surface area (TPSA) is 79.8 Å². The number of carbonyl (C=O) groups excluding carboxylic acids is 1. The Balaban J connectivity index is 1.63. The Morgan fingerprint density at radius 3 is 2.19 bits per heavy atom. The molecular formula is C20H21N5O. The second kappa shape index (κ2) is 7.31. The SMILES string of the molecule is CC(C)(C)c1ccc(Nc2ccc(NC(=O)c3cccnc3)nn2)cc1. The lowest BCUT2D eigenvalue weighted by Gasteiger charge is -2.19. The van der Waals surface area contributed by atoms with Crippen LogP contribution in [0.3, 0.4) is 0 Å². The van der Waals surface area contributed by atoms with Crippen molar-refractivity contribution in [2.45, 2.75) is 26.2 Å². The first-order chi connectivity index (χ1) is 12.4. The minimum absolute atomic E-state index is 0.118. The number of aromatic nitrogens is 3. The molecule has 2 heterocycles. The summed E-state index contributed by atoms with van der Waals surface area (Å²) in [7, 11) is 0. The highest BCUT2D eigenvalue weighted by atomic mass is 16.1. The number of benzene rings is 1. The number of hydrogen-bond donors (Lipinski definition) is 2. The van der Waals surface area contributed by atoms with Crippen molar-refractivity contribution >= 4 is 23.2 Å². The van der Waals surface area contributed by atoms with E-state index in [-0.39, 0.29) is 11.3 Å². The van der Waals surface area contributed by atoms with E-state index in [1.165, 1.54) is 11.8 Å². The Labute approximate surface area is 152 Å². The maximum absolute atomic E-state index is 12.1. The zero-order chi connectivity index (χ0) is 18.6. The van der Waals surface area contributed by atoms with E-state index in [2.05, 4.69) is 58.7 Å². The van der Waals surface area contributed by atoms with Crippen molar-refractivity contribution in [3.05, 3.63) is 72.1 Å². The molecule has 132 valence electrons. The van der Waals surface area contributed by atoms with Gasteiger partial charge in [0, 0.05) is 18.1 Å². The molecule has 0 aliphatic rings. The van der Waals surface area contributed by atoms with E-state index < -0.39 is 0 Å². The van der Waals surface area contributed by atoms with Crippen LogP contribution in [0.15, 0.2) is 60.9 Å². The number of nitrogens with zero attached hydrogens (tertiary/aromatic N) is 3. The summed E-state index contributed by atoms with van der Waals surface area (Å²) < 4.78 is 0. The third-order valence-electron chi connectivity index (χ3n) is 3.85. The van der Waals surface area contributed by atoms with Crippen LogP contribution in [0.5, 0.6) is 0 Å². The molecule has 0 atom stereocenters. The molecule has 0 bridgehead atoms. The zero-order valence-corrected chi connectivity index (χ0v) is 15.0. The molecule has 2 aromatic heterocycles. The van der Waals surface area contributed by atoms with Crippen LogP contribution in [-0.2, 0) is 5.41 Å². The lowest BCUT2D eigenvalue weighted by Crippen LogP contribution is -2.13. The number of carbonyl (C=O) groups is 1. The van der Waals surface area contributed by atoms with E-state index in [4.69, 9.17) is 0 Å². The monoisotopic (exact) mass is 347 g/mol. The van der Waals surface area contributed by atoms with Gasteiger partial charge in [0.1, 0.15) is 0 Å². The molecule has 3 aromatic rings. The quantitative estimate of drug-likeness (QED) is 0.740. The van der Waals surface area contributed by atoms with Crippen molar-refractivity contribution in [2.75, 3.05) is 10.6 Å². The molecule has 26 heavy (non-hydrogen) atoms. The molecule has 1 aromatic carbocycles. The van der Waals surface area contributed by atoms with E-state index in [0.717, 1.165) is 5.69 Å². The second-order valence-corrected chi connectivity index (χ2v) is 6.95. The average molecular weight is 347 g/mol. The lowest BCUT2D eigenvalue weighted by molar-refractivity contribution is 0.102. The Bertz CT molecular complexity index is 869. The number of anilines is 3. The van der Waals surface area contributed by atoms with Gasteiger partial charge in [0.2, 0.25) is 0 Å². The fourth-order valence-electron chi connectivity index (χ4n) is 2.35. The van der Waals surface area contributed by atoms with Crippen LogP contribution in [0.25, 0.3) is 0 Å². The smallest absolute Gasteiger partial charge is 0.258 e.